The molecule has 1 aromatic heterocycles. The number of ether oxygens (including phenoxy) is 1. The number of benzene rings is 4. The third kappa shape index (κ3) is 5.42. The van der Waals surface area contributed by atoms with Gasteiger partial charge in [-0.25, -0.2) is 4.98 Å². The Labute approximate surface area is 252 Å². The van der Waals surface area contributed by atoms with Crippen LogP contribution in [0.25, 0.3) is 21.7 Å². The molecule has 1 aliphatic rings. The lowest BCUT2D eigenvalue weighted by Gasteiger charge is -2.39. The molecule has 40 heavy (non-hydrogen) atoms. The van der Waals surface area contributed by atoms with Crippen LogP contribution < -0.4 is 4.74 Å². The SMILES string of the molecule is COc1nc2ccc(Br)cc2cc1C(c1ccccc1)C(O)(CCN1CCCC1)c1ccc2cc(Br)ccc2c1. The van der Waals surface area contributed by atoms with Crippen LogP contribution >= 0.6 is 31.9 Å². The summed E-state index contributed by atoms with van der Waals surface area (Å²) in [6.07, 6.45) is 3.00. The van der Waals surface area contributed by atoms with Crippen LogP contribution in [0, 0.1) is 0 Å². The molecule has 204 valence electrons. The van der Waals surface area contributed by atoms with Gasteiger partial charge in [-0.05, 0) is 96.7 Å². The average Bonchev–Trinajstić information content (AvgIpc) is 3.50. The van der Waals surface area contributed by atoms with Crippen molar-refractivity contribution in [2.24, 2.45) is 0 Å². The minimum atomic E-state index is -1.22. The number of methoxy groups -OCH3 is 1. The van der Waals surface area contributed by atoms with Crippen LogP contribution in [-0.2, 0) is 5.60 Å². The van der Waals surface area contributed by atoms with Crippen molar-refractivity contribution in [1.82, 2.24) is 9.88 Å². The van der Waals surface area contributed by atoms with E-state index in [-0.39, 0.29) is 0 Å². The number of hydrogen-bond donors (Lipinski definition) is 1. The zero-order valence-electron chi connectivity index (χ0n) is 22.5. The molecular weight excluding hydrogens is 628 g/mol. The van der Waals surface area contributed by atoms with Crippen LogP contribution in [0.5, 0.6) is 5.88 Å². The molecule has 2 atom stereocenters. The minimum absolute atomic E-state index is 0.407. The van der Waals surface area contributed by atoms with Gasteiger partial charge in [0.15, 0.2) is 0 Å². The molecule has 5 aromatic rings. The summed E-state index contributed by atoms with van der Waals surface area (Å²) in [6.45, 7) is 2.96. The fraction of sp³-hybridized carbons (Fsp3) is 0.265. The Morgan fingerprint density at radius 3 is 2.27 bits per heavy atom. The van der Waals surface area contributed by atoms with Crippen LogP contribution in [0.15, 0.2) is 99.9 Å². The van der Waals surface area contributed by atoms with E-state index in [1.165, 1.54) is 12.8 Å². The average molecular weight is 660 g/mol. The Morgan fingerprint density at radius 1 is 0.850 bits per heavy atom. The van der Waals surface area contributed by atoms with Crippen molar-refractivity contribution < 1.29 is 9.84 Å². The van der Waals surface area contributed by atoms with Crippen molar-refractivity contribution in [3.05, 3.63) is 117 Å². The third-order valence-corrected chi connectivity index (χ3v) is 9.18. The Morgan fingerprint density at radius 2 is 1.52 bits per heavy atom. The lowest BCUT2D eigenvalue weighted by Crippen LogP contribution is -2.38. The normalized spacial score (nSPS) is 16.3. The number of nitrogens with zero attached hydrogens (tertiary/aromatic N) is 2. The van der Waals surface area contributed by atoms with E-state index in [2.05, 4.69) is 97.4 Å². The first kappa shape index (κ1) is 27.4. The second-order valence-corrected chi connectivity index (χ2v) is 12.5. The lowest BCUT2D eigenvalue weighted by molar-refractivity contribution is 0.00220. The van der Waals surface area contributed by atoms with Gasteiger partial charge in [-0.3, -0.25) is 0 Å². The van der Waals surface area contributed by atoms with Crippen molar-refractivity contribution >= 4 is 53.5 Å². The number of pyridine rings is 1. The zero-order valence-corrected chi connectivity index (χ0v) is 25.7. The zero-order chi connectivity index (χ0) is 27.7. The fourth-order valence-electron chi connectivity index (χ4n) is 6.15. The predicted molar refractivity (Wildman–Crippen MR) is 170 cm³/mol. The molecule has 6 rings (SSSR count). The molecule has 6 heteroatoms. The van der Waals surface area contributed by atoms with Crippen LogP contribution in [0.1, 0.15) is 41.9 Å². The highest BCUT2D eigenvalue weighted by molar-refractivity contribution is 9.10. The number of fused-ring (bicyclic) bond motifs is 2. The topological polar surface area (TPSA) is 45.6 Å². The molecule has 2 unspecified atom stereocenters. The quantitative estimate of drug-likeness (QED) is 0.182. The Kier molecular flexibility index (Phi) is 7.95. The van der Waals surface area contributed by atoms with Gasteiger partial charge in [0.05, 0.1) is 12.6 Å². The molecule has 1 aliphatic heterocycles. The van der Waals surface area contributed by atoms with Gasteiger partial charge in [-0.15, -0.1) is 0 Å². The number of aromatic nitrogens is 1. The molecule has 0 radical (unpaired) electrons. The van der Waals surface area contributed by atoms with Crippen molar-refractivity contribution in [3.8, 4) is 5.88 Å². The van der Waals surface area contributed by atoms with E-state index >= 15 is 0 Å². The van der Waals surface area contributed by atoms with Crippen LogP contribution in [0.4, 0.5) is 0 Å². The standard InChI is InChI=1S/C34H32Br2N2O2/c1-40-33-30(22-26-21-29(36)13-14-31(26)37-33)32(23-7-3-2-4-8-23)34(39,15-18-38-16-5-6-17-38)27-11-9-25-20-28(35)12-10-24(25)19-27/h2-4,7-14,19-22,32,39H,5-6,15-18H2,1H3. The molecule has 0 spiro atoms. The Hall–Kier alpha value is -2.77. The van der Waals surface area contributed by atoms with Crippen LogP contribution in [0.2, 0.25) is 0 Å². The minimum Gasteiger partial charge on any atom is -0.481 e. The molecular formula is C34H32Br2N2O2. The maximum atomic E-state index is 13.1. The molecule has 4 nitrogen and oxygen atoms in total. The largest absolute Gasteiger partial charge is 0.481 e. The van der Waals surface area contributed by atoms with E-state index < -0.39 is 11.5 Å². The highest BCUT2D eigenvalue weighted by Crippen LogP contribution is 2.48. The summed E-state index contributed by atoms with van der Waals surface area (Å²) in [7, 11) is 1.66. The van der Waals surface area contributed by atoms with Gasteiger partial charge in [0.2, 0.25) is 5.88 Å². The van der Waals surface area contributed by atoms with Crippen molar-refractivity contribution in [2.45, 2.75) is 30.8 Å². The Bertz CT molecular complexity index is 1650. The van der Waals surface area contributed by atoms with Crippen molar-refractivity contribution in [2.75, 3.05) is 26.7 Å². The molecule has 1 saturated heterocycles. The van der Waals surface area contributed by atoms with Gasteiger partial charge in [0, 0.05) is 32.4 Å². The first-order valence-electron chi connectivity index (χ1n) is 13.8. The van der Waals surface area contributed by atoms with Crippen LogP contribution in [-0.4, -0.2) is 41.7 Å². The number of rotatable bonds is 8. The summed E-state index contributed by atoms with van der Waals surface area (Å²) in [6, 6.07) is 31.1. The lowest BCUT2D eigenvalue weighted by atomic mass is 9.71. The van der Waals surface area contributed by atoms with Gasteiger partial charge < -0.3 is 14.7 Å². The number of aliphatic hydroxyl groups is 1. The Balaban J connectivity index is 1.58. The van der Waals surface area contributed by atoms with Crippen molar-refractivity contribution in [1.29, 1.82) is 0 Å². The molecule has 2 heterocycles. The molecule has 0 amide bonds. The number of halogens is 2. The summed E-state index contributed by atoms with van der Waals surface area (Å²) in [4.78, 5) is 7.39. The smallest absolute Gasteiger partial charge is 0.217 e. The summed E-state index contributed by atoms with van der Waals surface area (Å²) >= 11 is 7.22. The molecule has 0 bridgehead atoms. The number of likely N-dealkylation sites (tertiary alicyclic amines) is 1. The van der Waals surface area contributed by atoms with Gasteiger partial charge in [-0.2, -0.15) is 0 Å². The molecule has 1 fully saturated rings. The maximum absolute atomic E-state index is 13.1. The summed E-state index contributed by atoms with van der Waals surface area (Å²) in [5.74, 6) is 0.128. The summed E-state index contributed by atoms with van der Waals surface area (Å²) < 4.78 is 7.95. The van der Waals surface area contributed by atoms with Crippen LogP contribution in [0.3, 0.4) is 0 Å². The second-order valence-electron chi connectivity index (χ2n) is 10.7. The summed E-state index contributed by atoms with van der Waals surface area (Å²) in [5.41, 5.74) is 2.43. The van der Waals surface area contributed by atoms with E-state index in [9.17, 15) is 5.11 Å². The molecule has 1 N–H and O–H groups in total. The van der Waals surface area contributed by atoms with E-state index in [0.717, 1.165) is 66.9 Å². The van der Waals surface area contributed by atoms with E-state index in [1.54, 1.807) is 7.11 Å². The first-order valence-corrected chi connectivity index (χ1v) is 15.4. The van der Waals surface area contributed by atoms with E-state index in [1.807, 2.05) is 30.3 Å². The second kappa shape index (κ2) is 11.6. The van der Waals surface area contributed by atoms with Gasteiger partial charge in [-0.1, -0.05) is 80.4 Å². The molecule has 0 saturated carbocycles. The monoisotopic (exact) mass is 658 g/mol. The van der Waals surface area contributed by atoms with Crippen molar-refractivity contribution in [3.63, 3.8) is 0 Å². The molecule has 0 aliphatic carbocycles. The first-order chi connectivity index (χ1) is 19.4. The highest BCUT2D eigenvalue weighted by Gasteiger charge is 2.42. The molecule has 4 aromatic carbocycles. The fourth-order valence-corrected chi connectivity index (χ4v) is 6.91. The van der Waals surface area contributed by atoms with E-state index in [4.69, 9.17) is 9.72 Å². The van der Waals surface area contributed by atoms with E-state index in [0.29, 0.717) is 12.3 Å². The highest BCUT2D eigenvalue weighted by atomic mass is 79.9. The van der Waals surface area contributed by atoms with Gasteiger partial charge in [0.25, 0.3) is 0 Å². The number of hydrogen-bond acceptors (Lipinski definition) is 4. The van der Waals surface area contributed by atoms with Gasteiger partial charge in [0.1, 0.15) is 5.60 Å². The predicted octanol–water partition coefficient (Wildman–Crippen LogP) is 8.43. The summed E-state index contributed by atoms with van der Waals surface area (Å²) in [5, 5.41) is 16.4. The third-order valence-electron chi connectivity index (χ3n) is 8.19. The maximum Gasteiger partial charge on any atom is 0.217 e. The van der Waals surface area contributed by atoms with Gasteiger partial charge >= 0.3 is 0 Å².